The summed E-state index contributed by atoms with van der Waals surface area (Å²) >= 11 is 13.9. The molecule has 9 heteroatoms. The number of benzene rings is 1. The van der Waals surface area contributed by atoms with E-state index in [0.29, 0.717) is 33.8 Å². The van der Waals surface area contributed by atoms with Crippen LogP contribution < -0.4 is 5.69 Å². The van der Waals surface area contributed by atoms with Gasteiger partial charge in [-0.15, -0.1) is 16.4 Å². The summed E-state index contributed by atoms with van der Waals surface area (Å²) in [6.45, 7) is 4.36. The van der Waals surface area contributed by atoms with E-state index in [9.17, 15) is 4.79 Å². The Morgan fingerprint density at radius 3 is 2.76 bits per heavy atom. The highest BCUT2D eigenvalue weighted by atomic mass is 35.5. The molecule has 0 unspecified atom stereocenters. The van der Waals surface area contributed by atoms with Crippen LogP contribution in [0.15, 0.2) is 45.8 Å². The molecule has 0 aliphatic heterocycles. The van der Waals surface area contributed by atoms with Crippen molar-refractivity contribution in [1.82, 2.24) is 19.2 Å². The Labute approximate surface area is 178 Å². The second-order valence-electron chi connectivity index (χ2n) is 6.72. The van der Waals surface area contributed by atoms with Crippen LogP contribution in [-0.2, 0) is 6.54 Å². The molecule has 0 radical (unpaired) electrons. The normalized spacial score (nSPS) is 11.7. The van der Waals surface area contributed by atoms with Gasteiger partial charge in [0.1, 0.15) is 4.83 Å². The molecule has 1 aromatic carbocycles. The fourth-order valence-corrected chi connectivity index (χ4v) is 4.95. The summed E-state index contributed by atoms with van der Waals surface area (Å²) in [5.41, 5.74) is 2.11. The summed E-state index contributed by atoms with van der Waals surface area (Å²) in [5, 5.41) is 6.39. The Balaban J connectivity index is 1.82. The smallest absolute Gasteiger partial charge is 0.352 e. The van der Waals surface area contributed by atoms with Gasteiger partial charge in [0.05, 0.1) is 18.2 Å². The highest BCUT2D eigenvalue weighted by Crippen LogP contribution is 2.33. The molecule has 6 nitrogen and oxygen atoms in total. The number of nitrogens with zero attached hydrogens (tertiary/aromatic N) is 4. The van der Waals surface area contributed by atoms with E-state index in [1.54, 1.807) is 46.4 Å². The number of furan rings is 1. The average molecular weight is 445 g/mol. The van der Waals surface area contributed by atoms with Crippen LogP contribution in [0.25, 0.3) is 27.4 Å². The number of aryl methyl sites for hydroxylation is 2. The van der Waals surface area contributed by atoms with Crippen molar-refractivity contribution in [3.63, 3.8) is 0 Å². The van der Waals surface area contributed by atoms with Crippen molar-refractivity contribution in [1.29, 1.82) is 0 Å². The second kappa shape index (κ2) is 6.73. The molecule has 29 heavy (non-hydrogen) atoms. The third kappa shape index (κ3) is 2.88. The Morgan fingerprint density at radius 1 is 1.21 bits per heavy atom. The number of aromatic nitrogens is 4. The zero-order valence-corrected chi connectivity index (χ0v) is 17.8. The summed E-state index contributed by atoms with van der Waals surface area (Å²) in [5.74, 6) is 0.886. The highest BCUT2D eigenvalue weighted by molar-refractivity contribution is 7.19. The standard InChI is InChI=1S/C20H14Cl2N4O2S/c1-10-11(2)29-19-16(10)18-23-17(15-4-3-7-28-15)24-26(18)20(27)25(19)9-12-5-6-13(21)8-14(12)22/h3-8H,9H2,1-2H3. The molecule has 0 aliphatic rings. The molecule has 4 aromatic heterocycles. The maximum absolute atomic E-state index is 13.4. The molecule has 0 fully saturated rings. The van der Waals surface area contributed by atoms with E-state index in [1.165, 1.54) is 4.52 Å². The third-order valence-corrected chi connectivity index (χ3v) is 6.76. The van der Waals surface area contributed by atoms with Crippen LogP contribution in [0, 0.1) is 13.8 Å². The third-order valence-electron chi connectivity index (χ3n) is 4.94. The largest absolute Gasteiger partial charge is 0.461 e. The van der Waals surface area contributed by atoms with E-state index < -0.39 is 0 Å². The summed E-state index contributed by atoms with van der Waals surface area (Å²) < 4.78 is 8.43. The molecule has 0 saturated carbocycles. The van der Waals surface area contributed by atoms with Crippen molar-refractivity contribution >= 4 is 50.4 Å². The summed E-state index contributed by atoms with van der Waals surface area (Å²) in [6, 6.07) is 8.80. The Morgan fingerprint density at radius 2 is 2.03 bits per heavy atom. The molecule has 146 valence electrons. The lowest BCUT2D eigenvalue weighted by molar-refractivity contribution is 0.576. The van der Waals surface area contributed by atoms with Crippen LogP contribution in [0.3, 0.4) is 0 Å². The molecule has 0 bridgehead atoms. The SMILES string of the molecule is Cc1sc2c(c1C)c1nc(-c3ccco3)nn1c(=O)n2Cc1ccc(Cl)cc1Cl. The van der Waals surface area contributed by atoms with Gasteiger partial charge in [0.15, 0.2) is 11.4 Å². The van der Waals surface area contributed by atoms with E-state index in [4.69, 9.17) is 27.6 Å². The fourth-order valence-electron chi connectivity index (χ4n) is 3.34. The predicted molar refractivity (Wildman–Crippen MR) is 115 cm³/mol. The number of rotatable bonds is 3. The van der Waals surface area contributed by atoms with E-state index in [2.05, 4.69) is 10.1 Å². The summed E-state index contributed by atoms with van der Waals surface area (Å²) in [7, 11) is 0. The minimum absolute atomic E-state index is 0.287. The molecule has 0 spiro atoms. The molecule has 5 rings (SSSR count). The molecular formula is C20H14Cl2N4O2S. The van der Waals surface area contributed by atoms with Crippen molar-refractivity contribution in [3.8, 4) is 11.6 Å². The quantitative estimate of drug-likeness (QED) is 0.376. The first-order chi connectivity index (χ1) is 13.9. The van der Waals surface area contributed by atoms with Gasteiger partial charge in [-0.2, -0.15) is 4.52 Å². The van der Waals surface area contributed by atoms with Gasteiger partial charge in [-0.3, -0.25) is 4.57 Å². The topological polar surface area (TPSA) is 65.3 Å². The van der Waals surface area contributed by atoms with Gasteiger partial charge in [0.25, 0.3) is 0 Å². The zero-order valence-electron chi connectivity index (χ0n) is 15.4. The number of thiophene rings is 1. The van der Waals surface area contributed by atoms with E-state index >= 15 is 0 Å². The van der Waals surface area contributed by atoms with Crippen LogP contribution in [-0.4, -0.2) is 19.2 Å². The van der Waals surface area contributed by atoms with Crippen molar-refractivity contribution in [2.45, 2.75) is 20.4 Å². The first-order valence-corrected chi connectivity index (χ1v) is 10.4. The predicted octanol–water partition coefficient (Wildman–Crippen LogP) is 5.34. The fraction of sp³-hybridized carbons (Fsp3) is 0.150. The van der Waals surface area contributed by atoms with Crippen LogP contribution in [0.2, 0.25) is 10.0 Å². The summed E-state index contributed by atoms with van der Waals surface area (Å²) in [4.78, 5) is 19.9. The van der Waals surface area contributed by atoms with Gasteiger partial charge in [-0.1, -0.05) is 29.3 Å². The van der Waals surface area contributed by atoms with Gasteiger partial charge in [-0.25, -0.2) is 9.78 Å². The number of hydrogen-bond donors (Lipinski definition) is 0. The Bertz CT molecular complexity index is 1450. The number of hydrogen-bond acceptors (Lipinski definition) is 5. The average Bonchev–Trinajstić information content (AvgIpc) is 3.40. The highest BCUT2D eigenvalue weighted by Gasteiger charge is 2.21. The van der Waals surface area contributed by atoms with Crippen LogP contribution in [0.4, 0.5) is 0 Å². The van der Waals surface area contributed by atoms with E-state index in [0.717, 1.165) is 26.2 Å². The van der Waals surface area contributed by atoms with Gasteiger partial charge < -0.3 is 4.42 Å². The Kier molecular flexibility index (Phi) is 4.27. The molecule has 0 amide bonds. The minimum atomic E-state index is -0.287. The maximum Gasteiger partial charge on any atom is 0.352 e. The monoisotopic (exact) mass is 444 g/mol. The lowest BCUT2D eigenvalue weighted by Gasteiger charge is -2.10. The van der Waals surface area contributed by atoms with E-state index in [-0.39, 0.29) is 5.69 Å². The molecular weight excluding hydrogens is 431 g/mol. The van der Waals surface area contributed by atoms with Crippen LogP contribution >= 0.6 is 34.5 Å². The van der Waals surface area contributed by atoms with Crippen LogP contribution in [0.5, 0.6) is 0 Å². The molecule has 0 aliphatic carbocycles. The first-order valence-electron chi connectivity index (χ1n) is 8.81. The van der Waals surface area contributed by atoms with Crippen molar-refractivity contribution < 1.29 is 4.42 Å². The van der Waals surface area contributed by atoms with Crippen molar-refractivity contribution in [2.24, 2.45) is 0 Å². The molecule has 4 heterocycles. The zero-order chi connectivity index (χ0) is 20.3. The summed E-state index contributed by atoms with van der Waals surface area (Å²) in [6.07, 6.45) is 1.55. The molecule has 0 atom stereocenters. The number of fused-ring (bicyclic) bond motifs is 3. The second-order valence-corrected chi connectivity index (χ2v) is 8.76. The lowest BCUT2D eigenvalue weighted by atomic mass is 10.2. The van der Waals surface area contributed by atoms with Gasteiger partial charge in [-0.05, 0) is 49.2 Å². The first kappa shape index (κ1) is 18.4. The molecule has 0 N–H and O–H groups in total. The lowest BCUT2D eigenvalue weighted by Crippen LogP contribution is -2.28. The van der Waals surface area contributed by atoms with Crippen molar-refractivity contribution in [2.75, 3.05) is 0 Å². The number of halogens is 2. The minimum Gasteiger partial charge on any atom is -0.461 e. The Hall–Kier alpha value is -2.61. The van der Waals surface area contributed by atoms with Gasteiger partial charge in [0.2, 0.25) is 5.82 Å². The molecule has 5 aromatic rings. The van der Waals surface area contributed by atoms with Gasteiger partial charge in [0, 0.05) is 14.9 Å². The molecule has 0 saturated heterocycles. The van der Waals surface area contributed by atoms with Crippen molar-refractivity contribution in [3.05, 3.63) is 73.1 Å². The maximum atomic E-state index is 13.4. The van der Waals surface area contributed by atoms with Gasteiger partial charge >= 0.3 is 5.69 Å². The van der Waals surface area contributed by atoms with Crippen LogP contribution in [0.1, 0.15) is 16.0 Å². The van der Waals surface area contributed by atoms with E-state index in [1.807, 2.05) is 19.9 Å².